The van der Waals surface area contributed by atoms with Gasteiger partial charge in [0.2, 0.25) is 6.29 Å². The van der Waals surface area contributed by atoms with Gasteiger partial charge in [-0.25, -0.2) is 0 Å². The van der Waals surface area contributed by atoms with Gasteiger partial charge in [0.1, 0.15) is 16.9 Å². The van der Waals surface area contributed by atoms with Crippen LogP contribution in [0.15, 0.2) is 24.3 Å². The average Bonchev–Trinajstić information content (AvgIpc) is 3.06. The van der Waals surface area contributed by atoms with Crippen LogP contribution < -0.4 is 4.74 Å². The second-order valence-electron chi connectivity index (χ2n) is 7.03. The van der Waals surface area contributed by atoms with E-state index in [0.717, 1.165) is 24.8 Å². The minimum Gasteiger partial charge on any atom is -0.465 e. The number of carbonyl (C=O) groups is 2. The Labute approximate surface area is 141 Å². The molecule has 1 N–H and O–H groups in total. The van der Waals surface area contributed by atoms with Crippen LogP contribution in [0.1, 0.15) is 44.1 Å². The van der Waals surface area contributed by atoms with Crippen molar-refractivity contribution < 1.29 is 24.2 Å². The predicted octanol–water partition coefficient (Wildman–Crippen LogP) is 2.42. The van der Waals surface area contributed by atoms with E-state index < -0.39 is 17.7 Å². The summed E-state index contributed by atoms with van der Waals surface area (Å²) in [6.45, 7) is 2.00. The van der Waals surface area contributed by atoms with Gasteiger partial charge in [-0.1, -0.05) is 24.6 Å². The molecule has 1 aromatic rings. The van der Waals surface area contributed by atoms with E-state index in [4.69, 9.17) is 9.47 Å². The summed E-state index contributed by atoms with van der Waals surface area (Å²) in [4.78, 5) is 25.7. The molecule has 5 nitrogen and oxygen atoms in total. The number of ketones is 1. The first-order valence-electron chi connectivity index (χ1n) is 8.74. The molecule has 1 heterocycles. The van der Waals surface area contributed by atoms with E-state index in [0.29, 0.717) is 5.75 Å². The fraction of sp³-hybridized carbons (Fsp3) is 0.579. The van der Waals surface area contributed by atoms with Gasteiger partial charge in [0.15, 0.2) is 0 Å². The van der Waals surface area contributed by atoms with Crippen molar-refractivity contribution in [1.29, 1.82) is 0 Å². The van der Waals surface area contributed by atoms with Crippen molar-refractivity contribution in [3.8, 4) is 5.75 Å². The number of benzene rings is 1. The summed E-state index contributed by atoms with van der Waals surface area (Å²) in [5, 5.41) is 10.9. The number of aliphatic hydroxyl groups excluding tert-OH is 1. The molecule has 2 fully saturated rings. The van der Waals surface area contributed by atoms with Crippen LogP contribution in [0.2, 0.25) is 0 Å². The Morgan fingerprint density at radius 2 is 2.17 bits per heavy atom. The van der Waals surface area contributed by atoms with E-state index in [2.05, 4.69) is 0 Å². The highest BCUT2D eigenvalue weighted by molar-refractivity contribution is 5.90. The summed E-state index contributed by atoms with van der Waals surface area (Å²) in [6, 6.07) is 7.37. The van der Waals surface area contributed by atoms with Gasteiger partial charge in [0.25, 0.3) is 0 Å². The zero-order valence-corrected chi connectivity index (χ0v) is 13.7. The first-order valence-corrected chi connectivity index (χ1v) is 8.74. The first kappa shape index (κ1) is 15.6. The maximum atomic E-state index is 13.1. The van der Waals surface area contributed by atoms with E-state index in [1.807, 2.05) is 18.2 Å². The lowest BCUT2D eigenvalue weighted by atomic mass is 9.53. The third-order valence-corrected chi connectivity index (χ3v) is 6.10. The number of aliphatic hydroxyl groups is 1. The summed E-state index contributed by atoms with van der Waals surface area (Å²) >= 11 is 0. The molecule has 5 heteroatoms. The highest BCUT2D eigenvalue weighted by atomic mass is 16.6. The Morgan fingerprint density at radius 1 is 1.38 bits per heavy atom. The predicted molar refractivity (Wildman–Crippen MR) is 85.3 cm³/mol. The molecule has 0 spiro atoms. The molecule has 0 amide bonds. The standard InChI is InChI=1S/C19H22O5/c1-2-23-17(21)19-13-8-5-7-11(13)15(20)10-14(19)12-6-3-4-9-16(12)24-18(19)22/h3-4,6,9,11,13-14,18,22H,2,5,7-8,10H2,1H3. The number of para-hydroxylation sites is 1. The Balaban J connectivity index is 1.91. The van der Waals surface area contributed by atoms with Crippen molar-refractivity contribution in [3.05, 3.63) is 29.8 Å². The number of fused-ring (bicyclic) bond motifs is 5. The van der Waals surface area contributed by atoms with E-state index in [1.165, 1.54) is 0 Å². The van der Waals surface area contributed by atoms with E-state index >= 15 is 0 Å². The monoisotopic (exact) mass is 330 g/mol. The number of hydrogen-bond acceptors (Lipinski definition) is 5. The van der Waals surface area contributed by atoms with Crippen molar-refractivity contribution in [2.45, 2.75) is 44.8 Å². The first-order chi connectivity index (χ1) is 11.6. The molecule has 24 heavy (non-hydrogen) atoms. The number of esters is 1. The molecule has 3 aliphatic rings. The Hall–Kier alpha value is -1.88. The van der Waals surface area contributed by atoms with Crippen LogP contribution in [-0.4, -0.2) is 29.8 Å². The van der Waals surface area contributed by atoms with Crippen LogP contribution in [-0.2, 0) is 14.3 Å². The van der Waals surface area contributed by atoms with E-state index in [-0.39, 0.29) is 36.6 Å². The smallest absolute Gasteiger partial charge is 0.319 e. The number of Topliss-reactive ketones (excluding diaryl/α,β-unsaturated/α-hetero) is 1. The molecule has 1 aromatic carbocycles. The fourth-order valence-electron chi connectivity index (χ4n) is 5.16. The lowest BCUT2D eigenvalue weighted by Gasteiger charge is -2.52. The third kappa shape index (κ3) is 1.91. The largest absolute Gasteiger partial charge is 0.465 e. The molecule has 4 rings (SSSR count). The number of ether oxygens (including phenoxy) is 2. The van der Waals surface area contributed by atoms with Crippen LogP contribution >= 0.6 is 0 Å². The topological polar surface area (TPSA) is 72.8 Å². The highest BCUT2D eigenvalue weighted by Gasteiger charge is 2.67. The lowest BCUT2D eigenvalue weighted by molar-refractivity contribution is -0.211. The molecule has 0 bridgehead atoms. The van der Waals surface area contributed by atoms with Crippen LogP contribution in [0.3, 0.4) is 0 Å². The van der Waals surface area contributed by atoms with Gasteiger partial charge in [-0.2, -0.15) is 0 Å². The molecule has 5 unspecified atom stereocenters. The van der Waals surface area contributed by atoms with Crippen LogP contribution in [0.5, 0.6) is 5.75 Å². The summed E-state index contributed by atoms with van der Waals surface area (Å²) in [7, 11) is 0. The molecule has 0 saturated heterocycles. The number of rotatable bonds is 2. The van der Waals surface area contributed by atoms with Gasteiger partial charge in [-0.15, -0.1) is 0 Å². The van der Waals surface area contributed by atoms with Gasteiger partial charge in [0, 0.05) is 18.3 Å². The van der Waals surface area contributed by atoms with Gasteiger partial charge in [-0.3, -0.25) is 9.59 Å². The SMILES string of the molecule is CCOC(=O)C12C(O)Oc3ccccc3C1CC(=O)C1CCCC12. The molecule has 1 aliphatic heterocycles. The quantitative estimate of drug-likeness (QED) is 0.843. The second-order valence-corrected chi connectivity index (χ2v) is 7.03. The zero-order chi connectivity index (χ0) is 16.9. The van der Waals surface area contributed by atoms with E-state index in [1.54, 1.807) is 13.0 Å². The summed E-state index contributed by atoms with van der Waals surface area (Å²) in [6.07, 6.45) is 1.40. The molecule has 2 aliphatic carbocycles. The molecule has 2 saturated carbocycles. The van der Waals surface area contributed by atoms with Gasteiger partial charge in [0.05, 0.1) is 6.61 Å². The van der Waals surface area contributed by atoms with Crippen molar-refractivity contribution >= 4 is 11.8 Å². The van der Waals surface area contributed by atoms with Crippen LogP contribution in [0.4, 0.5) is 0 Å². The minimum absolute atomic E-state index is 0.172. The molecular weight excluding hydrogens is 308 g/mol. The molecule has 5 atom stereocenters. The van der Waals surface area contributed by atoms with E-state index in [9.17, 15) is 14.7 Å². The maximum absolute atomic E-state index is 13.1. The van der Waals surface area contributed by atoms with Crippen LogP contribution in [0.25, 0.3) is 0 Å². The second kappa shape index (κ2) is 5.59. The Morgan fingerprint density at radius 3 is 2.96 bits per heavy atom. The third-order valence-electron chi connectivity index (χ3n) is 6.10. The minimum atomic E-state index is -1.28. The Bertz CT molecular complexity index is 684. The highest BCUT2D eigenvalue weighted by Crippen LogP contribution is 2.62. The van der Waals surface area contributed by atoms with Gasteiger partial charge < -0.3 is 14.6 Å². The maximum Gasteiger partial charge on any atom is 0.319 e. The molecular formula is C19H22O5. The van der Waals surface area contributed by atoms with Gasteiger partial charge in [-0.05, 0) is 37.3 Å². The number of carbonyl (C=O) groups excluding carboxylic acids is 2. The fourth-order valence-corrected chi connectivity index (χ4v) is 5.16. The summed E-state index contributed by atoms with van der Waals surface area (Å²) < 4.78 is 11.1. The lowest BCUT2D eigenvalue weighted by Crippen LogP contribution is -2.61. The van der Waals surface area contributed by atoms with Crippen LogP contribution in [0, 0.1) is 17.3 Å². The van der Waals surface area contributed by atoms with Crippen molar-refractivity contribution in [1.82, 2.24) is 0 Å². The summed E-state index contributed by atoms with van der Waals surface area (Å²) in [5.74, 6) is -0.449. The normalized spacial score (nSPS) is 37.0. The average molecular weight is 330 g/mol. The van der Waals surface area contributed by atoms with Crippen molar-refractivity contribution in [2.24, 2.45) is 17.3 Å². The molecule has 128 valence electrons. The van der Waals surface area contributed by atoms with Gasteiger partial charge >= 0.3 is 5.97 Å². The zero-order valence-electron chi connectivity index (χ0n) is 13.7. The Kier molecular flexibility index (Phi) is 3.64. The molecule has 0 aromatic heterocycles. The van der Waals surface area contributed by atoms with Crippen molar-refractivity contribution in [3.63, 3.8) is 0 Å². The van der Waals surface area contributed by atoms with Crippen molar-refractivity contribution in [2.75, 3.05) is 6.61 Å². The molecule has 0 radical (unpaired) electrons. The number of hydrogen-bond donors (Lipinski definition) is 1. The summed E-state index contributed by atoms with van der Waals surface area (Å²) in [5.41, 5.74) is -0.353.